The second kappa shape index (κ2) is 13.3. The Kier molecular flexibility index (Phi) is 11.1. The molecule has 170 valence electrons. The average molecular weight is 533 g/mol. The van der Waals surface area contributed by atoms with E-state index in [4.69, 9.17) is 4.99 Å². The number of guanidine groups is 1. The Hall–Kier alpha value is -1.20. The van der Waals surface area contributed by atoms with Crippen molar-refractivity contribution in [2.24, 2.45) is 4.99 Å². The number of nitrogens with one attached hydrogen (secondary N) is 2. The van der Waals surface area contributed by atoms with Crippen LogP contribution in [0.1, 0.15) is 26.2 Å². The summed E-state index contributed by atoms with van der Waals surface area (Å²) in [6.45, 7) is 11.1. The molecular formula is C21H37FIN7. The minimum atomic E-state index is -0.256. The fraction of sp³-hybridized carbons (Fsp3) is 0.714. The molecule has 9 heteroatoms. The standard InChI is InChI=1S/C21H36FN7.HI/c1-3-23-21(25-10-5-12-28-13-6-11-27(2)15-16-28)26-18-8-14-29(17-18)20-19(22)7-4-9-24-20;/h4,7,9,18H,3,5-6,8,10-17H2,1-2H3,(H2,23,25,26);1H. The highest BCUT2D eigenvalue weighted by Crippen LogP contribution is 2.20. The van der Waals surface area contributed by atoms with E-state index < -0.39 is 0 Å². The first-order chi connectivity index (χ1) is 14.2. The second-order valence-corrected chi connectivity index (χ2v) is 8.00. The van der Waals surface area contributed by atoms with Crippen LogP contribution < -0.4 is 15.5 Å². The largest absolute Gasteiger partial charge is 0.357 e. The molecule has 0 amide bonds. The van der Waals surface area contributed by atoms with Gasteiger partial charge < -0.3 is 25.3 Å². The summed E-state index contributed by atoms with van der Waals surface area (Å²) in [5.74, 6) is 1.05. The number of halogens is 2. The summed E-state index contributed by atoms with van der Waals surface area (Å²) in [7, 11) is 2.20. The summed E-state index contributed by atoms with van der Waals surface area (Å²) >= 11 is 0. The molecule has 30 heavy (non-hydrogen) atoms. The molecule has 1 aromatic heterocycles. The lowest BCUT2D eigenvalue weighted by atomic mass is 10.3. The minimum absolute atomic E-state index is 0. The lowest BCUT2D eigenvalue weighted by Crippen LogP contribution is -2.44. The molecular weight excluding hydrogens is 496 g/mol. The van der Waals surface area contributed by atoms with Gasteiger partial charge in [-0.1, -0.05) is 0 Å². The summed E-state index contributed by atoms with van der Waals surface area (Å²) in [6, 6.07) is 3.34. The van der Waals surface area contributed by atoms with Crippen molar-refractivity contribution in [1.29, 1.82) is 0 Å². The zero-order valence-electron chi connectivity index (χ0n) is 18.3. The highest BCUT2D eigenvalue weighted by atomic mass is 127. The van der Waals surface area contributed by atoms with Crippen LogP contribution in [0.5, 0.6) is 0 Å². The van der Waals surface area contributed by atoms with Gasteiger partial charge in [0.05, 0.1) is 0 Å². The number of nitrogens with zero attached hydrogens (tertiary/aromatic N) is 5. The molecule has 2 aliphatic rings. The van der Waals surface area contributed by atoms with Gasteiger partial charge in [-0.05, 0) is 65.0 Å². The number of anilines is 1. The molecule has 3 heterocycles. The van der Waals surface area contributed by atoms with Crippen LogP contribution in [0, 0.1) is 5.82 Å². The van der Waals surface area contributed by atoms with Crippen LogP contribution in [0.2, 0.25) is 0 Å². The van der Waals surface area contributed by atoms with Crippen molar-refractivity contribution in [3.05, 3.63) is 24.1 Å². The van der Waals surface area contributed by atoms with Crippen LogP contribution >= 0.6 is 24.0 Å². The SMILES string of the molecule is CCNC(=NCCCN1CCCN(C)CC1)NC1CCN(c2ncccc2F)C1.I. The predicted molar refractivity (Wildman–Crippen MR) is 133 cm³/mol. The average Bonchev–Trinajstić information content (AvgIpc) is 3.07. The third-order valence-electron chi connectivity index (χ3n) is 5.63. The molecule has 0 aromatic carbocycles. The van der Waals surface area contributed by atoms with Gasteiger partial charge in [0.15, 0.2) is 17.6 Å². The summed E-state index contributed by atoms with van der Waals surface area (Å²) < 4.78 is 14.0. The Labute approximate surface area is 197 Å². The Bertz CT molecular complexity index is 660. The van der Waals surface area contributed by atoms with E-state index in [9.17, 15) is 4.39 Å². The van der Waals surface area contributed by atoms with Crippen molar-refractivity contribution in [1.82, 2.24) is 25.4 Å². The van der Waals surface area contributed by atoms with Gasteiger partial charge in [0.2, 0.25) is 0 Å². The van der Waals surface area contributed by atoms with E-state index in [0.29, 0.717) is 5.82 Å². The van der Waals surface area contributed by atoms with E-state index in [-0.39, 0.29) is 35.8 Å². The van der Waals surface area contributed by atoms with E-state index in [0.717, 1.165) is 64.6 Å². The van der Waals surface area contributed by atoms with Gasteiger partial charge in [0, 0.05) is 51.5 Å². The molecule has 1 aromatic rings. The lowest BCUT2D eigenvalue weighted by Gasteiger charge is -2.21. The monoisotopic (exact) mass is 533 g/mol. The Morgan fingerprint density at radius 2 is 2.13 bits per heavy atom. The minimum Gasteiger partial charge on any atom is -0.357 e. The van der Waals surface area contributed by atoms with Crippen LogP contribution in [0.3, 0.4) is 0 Å². The van der Waals surface area contributed by atoms with Crippen molar-refractivity contribution in [3.8, 4) is 0 Å². The van der Waals surface area contributed by atoms with Gasteiger partial charge in [0.1, 0.15) is 0 Å². The molecule has 0 aliphatic carbocycles. The normalized spacial score (nSPS) is 21.2. The van der Waals surface area contributed by atoms with Crippen molar-refractivity contribution in [3.63, 3.8) is 0 Å². The summed E-state index contributed by atoms with van der Waals surface area (Å²) in [6.07, 6.45) is 4.91. The molecule has 2 saturated heterocycles. The predicted octanol–water partition coefficient (Wildman–Crippen LogP) is 2.00. The van der Waals surface area contributed by atoms with Crippen LogP contribution in [0.4, 0.5) is 10.2 Å². The molecule has 0 saturated carbocycles. The Morgan fingerprint density at radius 3 is 2.93 bits per heavy atom. The van der Waals surface area contributed by atoms with Crippen molar-refractivity contribution in [2.75, 3.05) is 70.9 Å². The van der Waals surface area contributed by atoms with Crippen molar-refractivity contribution in [2.45, 2.75) is 32.2 Å². The Balaban J connectivity index is 0.00000320. The number of hydrogen-bond acceptors (Lipinski definition) is 5. The van der Waals surface area contributed by atoms with E-state index in [1.807, 2.05) is 4.90 Å². The molecule has 0 radical (unpaired) electrons. The van der Waals surface area contributed by atoms with Gasteiger partial charge in [-0.15, -0.1) is 24.0 Å². The highest BCUT2D eigenvalue weighted by Gasteiger charge is 2.25. The lowest BCUT2D eigenvalue weighted by molar-refractivity contribution is 0.275. The van der Waals surface area contributed by atoms with Crippen LogP contribution in [-0.4, -0.2) is 92.7 Å². The number of hydrogen-bond donors (Lipinski definition) is 2. The summed E-state index contributed by atoms with van der Waals surface area (Å²) in [5.41, 5.74) is 0. The van der Waals surface area contributed by atoms with Crippen molar-refractivity contribution >= 4 is 35.8 Å². The zero-order valence-corrected chi connectivity index (χ0v) is 20.6. The molecule has 0 spiro atoms. The fourth-order valence-electron chi connectivity index (χ4n) is 4.00. The zero-order chi connectivity index (χ0) is 20.5. The first kappa shape index (κ1) is 25.1. The van der Waals surface area contributed by atoms with Crippen LogP contribution in [-0.2, 0) is 0 Å². The van der Waals surface area contributed by atoms with E-state index in [2.05, 4.69) is 39.4 Å². The van der Waals surface area contributed by atoms with Gasteiger partial charge in [-0.3, -0.25) is 4.99 Å². The highest BCUT2D eigenvalue weighted by molar-refractivity contribution is 14.0. The van der Waals surface area contributed by atoms with Gasteiger partial charge in [0.25, 0.3) is 0 Å². The molecule has 3 rings (SSSR count). The maximum absolute atomic E-state index is 14.0. The summed E-state index contributed by atoms with van der Waals surface area (Å²) in [5, 5.41) is 6.86. The summed E-state index contributed by atoms with van der Waals surface area (Å²) in [4.78, 5) is 15.9. The molecule has 0 bridgehead atoms. The molecule has 2 aliphatic heterocycles. The number of rotatable bonds is 7. The van der Waals surface area contributed by atoms with E-state index in [1.165, 1.54) is 25.6 Å². The number of likely N-dealkylation sites (N-methyl/N-ethyl adjacent to an activating group) is 1. The third-order valence-corrected chi connectivity index (χ3v) is 5.63. The topological polar surface area (TPSA) is 59.0 Å². The molecule has 2 fully saturated rings. The molecule has 7 nitrogen and oxygen atoms in total. The van der Waals surface area contributed by atoms with Crippen LogP contribution in [0.25, 0.3) is 0 Å². The quantitative estimate of drug-likeness (QED) is 0.242. The van der Waals surface area contributed by atoms with Crippen molar-refractivity contribution < 1.29 is 4.39 Å². The van der Waals surface area contributed by atoms with Crippen LogP contribution in [0.15, 0.2) is 23.3 Å². The van der Waals surface area contributed by atoms with E-state index >= 15 is 0 Å². The van der Waals surface area contributed by atoms with Gasteiger partial charge >= 0.3 is 0 Å². The van der Waals surface area contributed by atoms with Gasteiger partial charge in [-0.25, -0.2) is 9.37 Å². The second-order valence-electron chi connectivity index (χ2n) is 8.00. The first-order valence-corrected chi connectivity index (χ1v) is 11.0. The maximum Gasteiger partial charge on any atom is 0.191 e. The maximum atomic E-state index is 14.0. The number of pyridine rings is 1. The third kappa shape index (κ3) is 7.81. The fourth-order valence-corrected chi connectivity index (χ4v) is 4.00. The molecule has 1 unspecified atom stereocenters. The first-order valence-electron chi connectivity index (χ1n) is 11.0. The van der Waals surface area contributed by atoms with E-state index in [1.54, 1.807) is 12.3 Å². The molecule has 1 atom stereocenters. The number of aromatic nitrogens is 1. The molecule has 2 N–H and O–H groups in total. The van der Waals surface area contributed by atoms with Gasteiger partial charge in [-0.2, -0.15) is 0 Å². The number of aliphatic imine (C=N–C) groups is 1. The smallest absolute Gasteiger partial charge is 0.191 e. The Morgan fingerprint density at radius 1 is 1.27 bits per heavy atom.